The monoisotopic (exact) mass is 310 g/mol. The zero-order valence-corrected chi connectivity index (χ0v) is 12.6. The van der Waals surface area contributed by atoms with Crippen molar-refractivity contribution in [3.63, 3.8) is 0 Å². The van der Waals surface area contributed by atoms with Crippen LogP contribution in [0.4, 0.5) is 5.69 Å². The van der Waals surface area contributed by atoms with E-state index in [1.165, 1.54) is 6.92 Å². The van der Waals surface area contributed by atoms with Crippen molar-refractivity contribution < 1.29 is 19.8 Å². The van der Waals surface area contributed by atoms with E-state index in [0.29, 0.717) is 0 Å². The first kappa shape index (κ1) is 16.9. The molecule has 6 nitrogen and oxygen atoms in total. The topological polar surface area (TPSA) is 113 Å². The van der Waals surface area contributed by atoms with Crippen LogP contribution in [0.5, 0.6) is 0 Å². The van der Waals surface area contributed by atoms with E-state index in [-0.39, 0.29) is 0 Å². The summed E-state index contributed by atoms with van der Waals surface area (Å²) in [6.07, 6.45) is 0. The number of fused-ring (bicyclic) bond motifs is 1. The summed E-state index contributed by atoms with van der Waals surface area (Å²) in [7, 11) is 0. The molecule has 0 fully saturated rings. The van der Waals surface area contributed by atoms with E-state index in [2.05, 4.69) is 5.32 Å². The van der Waals surface area contributed by atoms with E-state index in [1.807, 2.05) is 29.6 Å². The summed E-state index contributed by atoms with van der Waals surface area (Å²) in [5.74, 6) is -1.81. The molecule has 2 atom stereocenters. The number of nitrogens with one attached hydrogen (secondary N) is 1. The van der Waals surface area contributed by atoms with E-state index < -0.39 is 24.0 Å². The minimum Gasteiger partial charge on any atom is -0.480 e. The van der Waals surface area contributed by atoms with E-state index in [4.69, 9.17) is 15.9 Å². The van der Waals surface area contributed by atoms with Crippen LogP contribution in [0.25, 0.3) is 10.1 Å². The molecule has 0 radical (unpaired) electrons. The summed E-state index contributed by atoms with van der Waals surface area (Å²) in [4.78, 5) is 20.3. The second kappa shape index (κ2) is 7.61. The predicted molar refractivity (Wildman–Crippen MR) is 83.8 cm³/mol. The van der Waals surface area contributed by atoms with Crippen molar-refractivity contribution in [2.75, 3.05) is 5.32 Å². The van der Waals surface area contributed by atoms with Gasteiger partial charge in [-0.2, -0.15) is 0 Å². The highest BCUT2D eigenvalue weighted by Gasteiger charge is 2.12. The molecule has 1 heterocycles. The highest BCUT2D eigenvalue weighted by Crippen LogP contribution is 2.30. The number of thiophene rings is 1. The molecule has 1 aromatic carbocycles. The van der Waals surface area contributed by atoms with Gasteiger partial charge in [0.2, 0.25) is 0 Å². The van der Waals surface area contributed by atoms with Gasteiger partial charge in [-0.25, -0.2) is 0 Å². The molecule has 1 aromatic heterocycles. The fourth-order valence-corrected chi connectivity index (χ4v) is 2.29. The summed E-state index contributed by atoms with van der Waals surface area (Å²) in [6, 6.07) is 6.64. The number of rotatable bonds is 4. The molecule has 0 saturated heterocycles. The van der Waals surface area contributed by atoms with E-state index in [1.54, 1.807) is 18.3 Å². The van der Waals surface area contributed by atoms with Gasteiger partial charge < -0.3 is 21.3 Å². The predicted octanol–water partition coefficient (Wildman–Crippen LogP) is 2.20. The van der Waals surface area contributed by atoms with Crippen LogP contribution in [0.15, 0.2) is 29.6 Å². The fraction of sp³-hybridized carbons (Fsp3) is 0.286. The quantitative estimate of drug-likeness (QED) is 0.688. The van der Waals surface area contributed by atoms with Crippen LogP contribution >= 0.6 is 11.3 Å². The van der Waals surface area contributed by atoms with Gasteiger partial charge in [0, 0.05) is 15.5 Å². The van der Waals surface area contributed by atoms with Crippen molar-refractivity contribution in [2.24, 2.45) is 5.73 Å². The lowest BCUT2D eigenvalue weighted by molar-refractivity contribution is -0.138. The number of anilines is 1. The minimum absolute atomic E-state index is 0.567. The van der Waals surface area contributed by atoms with Crippen molar-refractivity contribution in [1.82, 2.24) is 0 Å². The summed E-state index contributed by atoms with van der Waals surface area (Å²) < 4.78 is 1.16. The van der Waals surface area contributed by atoms with Gasteiger partial charge >= 0.3 is 11.9 Å². The van der Waals surface area contributed by atoms with Crippen LogP contribution in [0.3, 0.4) is 0 Å². The number of carbonyl (C=O) groups is 2. The van der Waals surface area contributed by atoms with Gasteiger partial charge in [0.05, 0.1) is 5.69 Å². The molecule has 7 heteroatoms. The lowest BCUT2D eigenvalue weighted by Gasteiger charge is -2.09. The average molecular weight is 310 g/mol. The van der Waals surface area contributed by atoms with Crippen molar-refractivity contribution in [3.8, 4) is 0 Å². The summed E-state index contributed by atoms with van der Waals surface area (Å²) in [6.45, 7) is 3.05. The Bertz CT molecular complexity index is 624. The molecular formula is C14H18N2O4S. The van der Waals surface area contributed by atoms with Gasteiger partial charge in [0.15, 0.2) is 0 Å². The highest BCUT2D eigenvalue weighted by molar-refractivity contribution is 7.17. The van der Waals surface area contributed by atoms with E-state index >= 15 is 0 Å². The molecule has 2 rings (SSSR count). The molecular weight excluding hydrogens is 292 g/mol. The Balaban J connectivity index is 0.000000315. The molecule has 2 aromatic rings. The van der Waals surface area contributed by atoms with Gasteiger partial charge in [0.1, 0.15) is 12.1 Å². The van der Waals surface area contributed by atoms with Crippen LogP contribution < -0.4 is 11.1 Å². The molecule has 5 N–H and O–H groups in total. The lowest BCUT2D eigenvalue weighted by atomic mass is 10.2. The molecule has 2 unspecified atom stereocenters. The highest BCUT2D eigenvalue weighted by atomic mass is 32.1. The van der Waals surface area contributed by atoms with Gasteiger partial charge in [-0.05, 0) is 19.9 Å². The number of carboxylic acids is 2. The first-order valence-electron chi connectivity index (χ1n) is 6.27. The Morgan fingerprint density at radius 3 is 2.29 bits per heavy atom. The van der Waals surface area contributed by atoms with Crippen molar-refractivity contribution >= 4 is 39.0 Å². The Kier molecular flexibility index (Phi) is 6.13. The molecule has 21 heavy (non-hydrogen) atoms. The standard InChI is InChI=1S/C11H11NO2S.C3H7NO2/c1-7(11(13)14)12-9-6-15-10-5-3-2-4-8(9)10;1-2(4)3(5)6/h2-7,12H,1H3,(H,13,14);2H,4H2,1H3,(H,5,6). The number of benzene rings is 1. The first-order chi connectivity index (χ1) is 9.82. The van der Waals surface area contributed by atoms with Crippen LogP contribution in [0, 0.1) is 0 Å². The second-order valence-electron chi connectivity index (χ2n) is 4.48. The largest absolute Gasteiger partial charge is 0.480 e. The van der Waals surface area contributed by atoms with Crippen molar-refractivity contribution in [2.45, 2.75) is 25.9 Å². The van der Waals surface area contributed by atoms with Crippen LogP contribution in [0.2, 0.25) is 0 Å². The number of hydrogen-bond donors (Lipinski definition) is 4. The SMILES string of the molecule is CC(N)C(=O)O.CC(Nc1csc2ccccc12)C(=O)O. The maximum absolute atomic E-state index is 10.7. The van der Waals surface area contributed by atoms with Gasteiger partial charge in [-0.15, -0.1) is 11.3 Å². The number of carboxylic acid groups (broad SMARTS) is 2. The van der Waals surface area contributed by atoms with Gasteiger partial charge in [-0.1, -0.05) is 18.2 Å². The molecule has 0 amide bonds. The average Bonchev–Trinajstić information content (AvgIpc) is 2.82. The number of aliphatic carboxylic acids is 2. The van der Waals surface area contributed by atoms with Gasteiger partial charge in [-0.3, -0.25) is 9.59 Å². The molecule has 0 spiro atoms. The smallest absolute Gasteiger partial charge is 0.325 e. The Labute approximate surface area is 126 Å². The zero-order valence-electron chi connectivity index (χ0n) is 11.7. The first-order valence-corrected chi connectivity index (χ1v) is 7.15. The Hall–Kier alpha value is -2.12. The summed E-state index contributed by atoms with van der Waals surface area (Å²) >= 11 is 1.61. The second-order valence-corrected chi connectivity index (χ2v) is 5.39. The molecule has 114 valence electrons. The van der Waals surface area contributed by atoms with Crippen LogP contribution in [-0.4, -0.2) is 34.2 Å². The lowest BCUT2D eigenvalue weighted by Crippen LogP contribution is -2.25. The molecule has 0 aliphatic carbocycles. The molecule has 0 bridgehead atoms. The summed E-state index contributed by atoms with van der Waals surface area (Å²) in [5, 5.41) is 22.7. The minimum atomic E-state index is -0.963. The number of hydrogen-bond acceptors (Lipinski definition) is 5. The Morgan fingerprint density at radius 1 is 1.19 bits per heavy atom. The third-order valence-electron chi connectivity index (χ3n) is 2.61. The summed E-state index contributed by atoms with van der Waals surface area (Å²) in [5.41, 5.74) is 5.73. The van der Waals surface area contributed by atoms with E-state index in [0.717, 1.165) is 15.8 Å². The Morgan fingerprint density at radius 2 is 1.76 bits per heavy atom. The van der Waals surface area contributed by atoms with Crippen LogP contribution in [-0.2, 0) is 9.59 Å². The maximum atomic E-state index is 10.7. The number of nitrogens with two attached hydrogens (primary N) is 1. The molecule has 0 aliphatic rings. The third kappa shape index (κ3) is 5.05. The molecule has 0 aliphatic heterocycles. The fourth-order valence-electron chi connectivity index (χ4n) is 1.38. The third-order valence-corrected chi connectivity index (χ3v) is 3.58. The van der Waals surface area contributed by atoms with E-state index in [9.17, 15) is 9.59 Å². The molecule has 0 saturated carbocycles. The maximum Gasteiger partial charge on any atom is 0.325 e. The normalized spacial score (nSPS) is 12.9. The van der Waals surface area contributed by atoms with Gasteiger partial charge in [0.25, 0.3) is 0 Å². The van der Waals surface area contributed by atoms with Crippen molar-refractivity contribution in [1.29, 1.82) is 0 Å². The van der Waals surface area contributed by atoms with Crippen molar-refractivity contribution in [3.05, 3.63) is 29.6 Å². The zero-order chi connectivity index (χ0) is 16.0. The van der Waals surface area contributed by atoms with Crippen LogP contribution in [0.1, 0.15) is 13.8 Å².